The zero-order valence-electron chi connectivity index (χ0n) is 16.5. The van der Waals surface area contributed by atoms with Crippen molar-refractivity contribution in [3.8, 4) is 0 Å². The van der Waals surface area contributed by atoms with Crippen LogP contribution in [-0.4, -0.2) is 34.0 Å². The molecule has 0 radical (unpaired) electrons. The van der Waals surface area contributed by atoms with Gasteiger partial charge in [-0.25, -0.2) is 0 Å². The molecule has 1 heterocycles. The van der Waals surface area contributed by atoms with Gasteiger partial charge in [0.15, 0.2) is 5.79 Å². The molecule has 5 nitrogen and oxygen atoms in total. The van der Waals surface area contributed by atoms with Gasteiger partial charge in [0.05, 0.1) is 24.7 Å². The number of rotatable bonds is 11. The molecular formula is C21H32O5S. The number of aryl methyl sites for hydroxylation is 1. The van der Waals surface area contributed by atoms with Gasteiger partial charge in [-0.15, -0.1) is 0 Å². The summed E-state index contributed by atoms with van der Waals surface area (Å²) in [5, 5.41) is 0. The Balaban J connectivity index is 1.52. The standard InChI is InChI=1S/C21H32O5S/c1-3-4-5-12-21(24-16-17-25-21)20(13-14-20)11-6-15-26-27(22,23)19-9-7-18(2)8-10-19/h7-10H,3-6,11-17H2,1-2H3. The second kappa shape index (κ2) is 8.60. The summed E-state index contributed by atoms with van der Waals surface area (Å²) >= 11 is 0. The molecule has 1 aromatic carbocycles. The highest BCUT2D eigenvalue weighted by atomic mass is 32.2. The van der Waals surface area contributed by atoms with E-state index in [2.05, 4.69) is 6.92 Å². The lowest BCUT2D eigenvalue weighted by Gasteiger charge is -2.36. The highest BCUT2D eigenvalue weighted by Crippen LogP contribution is 2.62. The van der Waals surface area contributed by atoms with Crippen LogP contribution in [0.25, 0.3) is 0 Å². The Labute approximate surface area is 163 Å². The van der Waals surface area contributed by atoms with Crippen LogP contribution in [0, 0.1) is 12.3 Å². The van der Waals surface area contributed by atoms with Gasteiger partial charge in [-0.05, 0) is 51.2 Å². The van der Waals surface area contributed by atoms with Crippen LogP contribution in [0.2, 0.25) is 0 Å². The van der Waals surface area contributed by atoms with Gasteiger partial charge in [0.1, 0.15) is 0 Å². The van der Waals surface area contributed by atoms with E-state index in [0.29, 0.717) is 19.6 Å². The monoisotopic (exact) mass is 396 g/mol. The third-order valence-corrected chi connectivity index (χ3v) is 7.20. The van der Waals surface area contributed by atoms with E-state index in [1.807, 2.05) is 6.92 Å². The molecule has 0 bridgehead atoms. The van der Waals surface area contributed by atoms with Gasteiger partial charge in [-0.1, -0.05) is 37.5 Å². The maximum Gasteiger partial charge on any atom is 0.296 e. The van der Waals surface area contributed by atoms with Gasteiger partial charge in [-0.3, -0.25) is 4.18 Å². The molecule has 0 spiro atoms. The number of unbranched alkanes of at least 4 members (excludes halogenated alkanes) is 2. The van der Waals surface area contributed by atoms with Crippen molar-refractivity contribution in [3.05, 3.63) is 29.8 Å². The molecule has 2 fully saturated rings. The van der Waals surface area contributed by atoms with Crippen molar-refractivity contribution in [2.45, 2.75) is 75.9 Å². The SMILES string of the molecule is CCCCCC1(C2(CCCOS(=O)(=O)c3ccc(C)cc3)CC2)OCCO1. The Morgan fingerprint density at radius 2 is 1.67 bits per heavy atom. The van der Waals surface area contributed by atoms with Crippen molar-refractivity contribution < 1.29 is 22.1 Å². The highest BCUT2D eigenvalue weighted by molar-refractivity contribution is 7.86. The molecule has 1 aromatic rings. The second-order valence-electron chi connectivity index (χ2n) is 7.88. The molecular weight excluding hydrogens is 364 g/mol. The minimum absolute atomic E-state index is 0.0359. The molecule has 1 aliphatic carbocycles. The van der Waals surface area contributed by atoms with Gasteiger partial charge < -0.3 is 9.47 Å². The molecule has 152 valence electrons. The van der Waals surface area contributed by atoms with Crippen LogP contribution >= 0.6 is 0 Å². The van der Waals surface area contributed by atoms with Gasteiger partial charge in [0.2, 0.25) is 0 Å². The predicted octanol–water partition coefficient (Wildman–Crippen LogP) is 4.58. The van der Waals surface area contributed by atoms with E-state index in [1.165, 1.54) is 12.8 Å². The Morgan fingerprint density at radius 3 is 2.26 bits per heavy atom. The summed E-state index contributed by atoms with van der Waals surface area (Å²) in [7, 11) is -3.69. The molecule has 0 atom stereocenters. The zero-order chi connectivity index (χ0) is 19.4. The van der Waals surface area contributed by atoms with Gasteiger partial charge in [0.25, 0.3) is 10.1 Å². The van der Waals surface area contributed by atoms with Crippen molar-refractivity contribution in [1.29, 1.82) is 0 Å². The van der Waals surface area contributed by atoms with Gasteiger partial charge in [0, 0.05) is 11.8 Å². The van der Waals surface area contributed by atoms with Gasteiger partial charge in [-0.2, -0.15) is 8.42 Å². The molecule has 0 amide bonds. The Bertz CT molecular complexity index is 701. The predicted molar refractivity (Wildman–Crippen MR) is 104 cm³/mol. The summed E-state index contributed by atoms with van der Waals surface area (Å²) in [6.07, 6.45) is 8.14. The lowest BCUT2D eigenvalue weighted by molar-refractivity contribution is -0.214. The molecule has 1 aliphatic heterocycles. The van der Waals surface area contributed by atoms with Crippen LogP contribution in [-0.2, 0) is 23.8 Å². The van der Waals surface area contributed by atoms with Crippen molar-refractivity contribution >= 4 is 10.1 Å². The van der Waals surface area contributed by atoms with Crippen LogP contribution in [0.15, 0.2) is 29.2 Å². The third-order valence-electron chi connectivity index (χ3n) is 5.87. The van der Waals surface area contributed by atoms with E-state index < -0.39 is 15.9 Å². The van der Waals surface area contributed by atoms with Crippen molar-refractivity contribution in [2.75, 3.05) is 19.8 Å². The molecule has 1 saturated carbocycles. The van der Waals surface area contributed by atoms with E-state index in [-0.39, 0.29) is 16.9 Å². The summed E-state index contributed by atoms with van der Waals surface area (Å²) in [4.78, 5) is 0.215. The summed E-state index contributed by atoms with van der Waals surface area (Å²) in [6.45, 7) is 5.64. The lowest BCUT2D eigenvalue weighted by Crippen LogP contribution is -2.41. The molecule has 2 aliphatic rings. The molecule has 27 heavy (non-hydrogen) atoms. The van der Waals surface area contributed by atoms with Crippen LogP contribution < -0.4 is 0 Å². The first kappa shape index (κ1) is 20.8. The molecule has 0 N–H and O–H groups in total. The zero-order valence-corrected chi connectivity index (χ0v) is 17.4. The molecule has 0 aromatic heterocycles. The highest BCUT2D eigenvalue weighted by Gasteiger charge is 2.61. The molecule has 6 heteroatoms. The van der Waals surface area contributed by atoms with Crippen molar-refractivity contribution in [3.63, 3.8) is 0 Å². The minimum Gasteiger partial charge on any atom is -0.347 e. The van der Waals surface area contributed by atoms with E-state index in [4.69, 9.17) is 13.7 Å². The van der Waals surface area contributed by atoms with Gasteiger partial charge >= 0.3 is 0 Å². The Kier molecular flexibility index (Phi) is 6.62. The fourth-order valence-electron chi connectivity index (χ4n) is 4.10. The lowest BCUT2D eigenvalue weighted by atomic mass is 9.86. The molecule has 1 saturated heterocycles. The fraction of sp³-hybridized carbons (Fsp3) is 0.714. The first-order valence-corrected chi connectivity index (χ1v) is 11.6. The average molecular weight is 397 g/mol. The van der Waals surface area contributed by atoms with Crippen LogP contribution in [0.3, 0.4) is 0 Å². The maximum absolute atomic E-state index is 12.3. The summed E-state index contributed by atoms with van der Waals surface area (Å²) < 4.78 is 42.1. The van der Waals surface area contributed by atoms with Crippen molar-refractivity contribution in [2.24, 2.45) is 5.41 Å². The van der Waals surface area contributed by atoms with Crippen molar-refractivity contribution in [1.82, 2.24) is 0 Å². The second-order valence-corrected chi connectivity index (χ2v) is 9.50. The first-order chi connectivity index (χ1) is 12.9. The molecule has 3 rings (SSSR count). The van der Waals surface area contributed by atoms with E-state index >= 15 is 0 Å². The first-order valence-electron chi connectivity index (χ1n) is 10.2. The number of hydrogen-bond donors (Lipinski definition) is 0. The third kappa shape index (κ3) is 4.73. The number of hydrogen-bond acceptors (Lipinski definition) is 5. The Morgan fingerprint density at radius 1 is 1.00 bits per heavy atom. The smallest absolute Gasteiger partial charge is 0.296 e. The molecule has 0 unspecified atom stereocenters. The largest absolute Gasteiger partial charge is 0.347 e. The van der Waals surface area contributed by atoms with E-state index in [0.717, 1.165) is 37.7 Å². The summed E-state index contributed by atoms with van der Waals surface area (Å²) in [5.74, 6) is -0.460. The van der Waals surface area contributed by atoms with E-state index in [1.54, 1.807) is 24.3 Å². The topological polar surface area (TPSA) is 61.8 Å². The summed E-state index contributed by atoms with van der Waals surface area (Å²) in [6, 6.07) is 6.75. The van der Waals surface area contributed by atoms with Crippen LogP contribution in [0.5, 0.6) is 0 Å². The average Bonchev–Trinajstić information content (AvgIpc) is 3.29. The summed E-state index contributed by atoms with van der Waals surface area (Å²) in [5.41, 5.74) is 1.06. The van der Waals surface area contributed by atoms with Crippen LogP contribution in [0.4, 0.5) is 0 Å². The maximum atomic E-state index is 12.3. The quantitative estimate of drug-likeness (QED) is 0.405. The number of ether oxygens (including phenoxy) is 2. The fourth-order valence-corrected chi connectivity index (χ4v) is 5.05. The minimum atomic E-state index is -3.69. The normalized spacial score (nSPS) is 20.7. The van der Waals surface area contributed by atoms with Crippen LogP contribution in [0.1, 0.15) is 63.9 Å². The Hall–Kier alpha value is -0.950. The number of benzene rings is 1. The van der Waals surface area contributed by atoms with E-state index in [9.17, 15) is 8.42 Å².